The largest absolute Gasteiger partial charge is 0.493 e. The number of aromatic nitrogens is 1. The molecular formula is C12H17NO2. The third kappa shape index (κ3) is 1.84. The van der Waals surface area contributed by atoms with Crippen LogP contribution in [0.2, 0.25) is 0 Å². The number of nitrogens with zero attached hydrogens (tertiary/aromatic N) is 1. The number of hydrogen-bond acceptors (Lipinski definition) is 3. The molecule has 0 aromatic carbocycles. The van der Waals surface area contributed by atoms with E-state index >= 15 is 0 Å². The Morgan fingerprint density at radius 2 is 2.20 bits per heavy atom. The SMILES string of the molecule is CC(C)c1cc(O)nc2c1CCCC2O. The first kappa shape index (κ1) is 10.4. The minimum atomic E-state index is -0.502. The molecule has 1 atom stereocenters. The monoisotopic (exact) mass is 207 g/mol. The number of rotatable bonds is 1. The first-order valence-corrected chi connectivity index (χ1v) is 5.50. The molecule has 1 aromatic rings. The van der Waals surface area contributed by atoms with Crippen LogP contribution < -0.4 is 0 Å². The van der Waals surface area contributed by atoms with Gasteiger partial charge in [0, 0.05) is 6.07 Å². The lowest BCUT2D eigenvalue weighted by atomic mass is 9.86. The van der Waals surface area contributed by atoms with E-state index in [9.17, 15) is 10.2 Å². The Balaban J connectivity index is 2.57. The summed E-state index contributed by atoms with van der Waals surface area (Å²) in [7, 11) is 0. The van der Waals surface area contributed by atoms with E-state index in [1.165, 1.54) is 0 Å². The summed E-state index contributed by atoms with van der Waals surface area (Å²) in [6, 6.07) is 1.72. The number of aromatic hydroxyl groups is 1. The molecule has 1 aromatic heterocycles. The van der Waals surface area contributed by atoms with Crippen LogP contribution in [0.5, 0.6) is 5.88 Å². The maximum atomic E-state index is 9.82. The quantitative estimate of drug-likeness (QED) is 0.742. The minimum absolute atomic E-state index is 0.0263. The van der Waals surface area contributed by atoms with Gasteiger partial charge < -0.3 is 10.2 Å². The van der Waals surface area contributed by atoms with Crippen LogP contribution in [0.25, 0.3) is 0 Å². The second-order valence-corrected chi connectivity index (χ2v) is 4.50. The van der Waals surface area contributed by atoms with E-state index < -0.39 is 6.10 Å². The molecule has 0 fully saturated rings. The Hall–Kier alpha value is -1.09. The van der Waals surface area contributed by atoms with Gasteiger partial charge in [0.05, 0.1) is 11.8 Å². The number of pyridine rings is 1. The second-order valence-electron chi connectivity index (χ2n) is 4.50. The molecule has 1 aliphatic carbocycles. The van der Waals surface area contributed by atoms with Gasteiger partial charge in [-0.15, -0.1) is 0 Å². The normalized spacial score (nSPS) is 20.4. The molecule has 1 aliphatic rings. The van der Waals surface area contributed by atoms with Crippen molar-refractivity contribution in [2.45, 2.75) is 45.1 Å². The van der Waals surface area contributed by atoms with Crippen LogP contribution >= 0.6 is 0 Å². The van der Waals surface area contributed by atoms with Crippen molar-refractivity contribution in [1.82, 2.24) is 4.98 Å². The van der Waals surface area contributed by atoms with Gasteiger partial charge >= 0.3 is 0 Å². The molecule has 0 aliphatic heterocycles. The van der Waals surface area contributed by atoms with E-state index in [4.69, 9.17) is 0 Å². The smallest absolute Gasteiger partial charge is 0.211 e. The lowest BCUT2D eigenvalue weighted by Gasteiger charge is -2.24. The Labute approximate surface area is 89.8 Å². The van der Waals surface area contributed by atoms with Crippen molar-refractivity contribution >= 4 is 0 Å². The molecule has 1 heterocycles. The predicted molar refractivity (Wildman–Crippen MR) is 57.9 cm³/mol. The number of hydrogen-bond donors (Lipinski definition) is 2. The second kappa shape index (κ2) is 3.81. The highest BCUT2D eigenvalue weighted by Crippen LogP contribution is 2.34. The number of aliphatic hydroxyl groups is 1. The van der Waals surface area contributed by atoms with E-state index in [1.807, 2.05) is 0 Å². The minimum Gasteiger partial charge on any atom is -0.493 e. The van der Waals surface area contributed by atoms with Crippen molar-refractivity contribution in [2.75, 3.05) is 0 Å². The molecule has 0 amide bonds. The third-order valence-electron chi connectivity index (χ3n) is 3.02. The van der Waals surface area contributed by atoms with E-state index in [0.29, 0.717) is 11.6 Å². The van der Waals surface area contributed by atoms with Gasteiger partial charge in [-0.05, 0) is 36.3 Å². The van der Waals surface area contributed by atoms with Gasteiger partial charge in [0.2, 0.25) is 5.88 Å². The average molecular weight is 207 g/mol. The highest BCUT2D eigenvalue weighted by Gasteiger charge is 2.23. The third-order valence-corrected chi connectivity index (χ3v) is 3.02. The zero-order valence-corrected chi connectivity index (χ0v) is 9.20. The summed E-state index contributed by atoms with van der Waals surface area (Å²) >= 11 is 0. The van der Waals surface area contributed by atoms with Gasteiger partial charge in [0.1, 0.15) is 0 Å². The van der Waals surface area contributed by atoms with Crippen LogP contribution in [0.3, 0.4) is 0 Å². The summed E-state index contributed by atoms with van der Waals surface area (Å²) < 4.78 is 0. The van der Waals surface area contributed by atoms with Crippen molar-refractivity contribution < 1.29 is 10.2 Å². The molecule has 0 spiro atoms. The van der Waals surface area contributed by atoms with Crippen LogP contribution in [-0.2, 0) is 6.42 Å². The number of fused-ring (bicyclic) bond motifs is 1. The molecule has 1 unspecified atom stereocenters. The van der Waals surface area contributed by atoms with Gasteiger partial charge in [0.15, 0.2) is 0 Å². The first-order valence-electron chi connectivity index (χ1n) is 5.50. The van der Waals surface area contributed by atoms with Crippen molar-refractivity contribution in [2.24, 2.45) is 0 Å². The standard InChI is InChI=1S/C12H17NO2/c1-7(2)9-6-11(15)13-12-8(9)4-3-5-10(12)14/h6-7,10,14H,3-5H2,1-2H3,(H,13,15). The fourth-order valence-corrected chi connectivity index (χ4v) is 2.27. The molecule has 15 heavy (non-hydrogen) atoms. The molecule has 0 bridgehead atoms. The summed E-state index contributed by atoms with van der Waals surface area (Å²) in [5, 5.41) is 19.3. The predicted octanol–water partition coefficient (Wildman–Crippen LogP) is 2.28. The number of aliphatic hydroxyl groups excluding tert-OH is 1. The molecule has 3 heteroatoms. The van der Waals surface area contributed by atoms with Crippen molar-refractivity contribution in [1.29, 1.82) is 0 Å². The molecule has 0 saturated heterocycles. The van der Waals surface area contributed by atoms with Crippen molar-refractivity contribution in [3.63, 3.8) is 0 Å². The molecule has 0 radical (unpaired) electrons. The molecule has 2 rings (SSSR count). The fraction of sp³-hybridized carbons (Fsp3) is 0.583. The van der Waals surface area contributed by atoms with Crippen molar-refractivity contribution in [3.05, 3.63) is 22.9 Å². The maximum Gasteiger partial charge on any atom is 0.211 e. The van der Waals surface area contributed by atoms with E-state index in [2.05, 4.69) is 18.8 Å². The molecular weight excluding hydrogens is 190 g/mol. The Bertz CT molecular complexity index is 357. The highest BCUT2D eigenvalue weighted by atomic mass is 16.3. The van der Waals surface area contributed by atoms with Crippen LogP contribution in [0, 0.1) is 0 Å². The summed E-state index contributed by atoms with van der Waals surface area (Å²) in [5.41, 5.74) is 2.95. The zero-order valence-electron chi connectivity index (χ0n) is 9.20. The first-order chi connectivity index (χ1) is 7.09. The Kier molecular flexibility index (Phi) is 2.65. The summed E-state index contributed by atoms with van der Waals surface area (Å²) in [4.78, 5) is 4.04. The van der Waals surface area contributed by atoms with Crippen molar-refractivity contribution in [3.8, 4) is 5.88 Å². The Morgan fingerprint density at radius 1 is 1.47 bits per heavy atom. The summed E-state index contributed by atoms with van der Waals surface area (Å²) in [5.74, 6) is 0.386. The van der Waals surface area contributed by atoms with Crippen LogP contribution in [0.1, 0.15) is 55.5 Å². The van der Waals surface area contributed by atoms with Crippen LogP contribution in [0.4, 0.5) is 0 Å². The zero-order chi connectivity index (χ0) is 11.0. The van der Waals surface area contributed by atoms with E-state index in [1.54, 1.807) is 6.07 Å². The Morgan fingerprint density at radius 3 is 2.87 bits per heavy atom. The lowest BCUT2D eigenvalue weighted by Crippen LogP contribution is -2.14. The molecule has 0 saturated carbocycles. The van der Waals surface area contributed by atoms with Crippen LogP contribution in [0.15, 0.2) is 6.07 Å². The lowest BCUT2D eigenvalue weighted by molar-refractivity contribution is 0.150. The van der Waals surface area contributed by atoms with Gasteiger partial charge in [-0.25, -0.2) is 4.98 Å². The summed E-state index contributed by atoms with van der Waals surface area (Å²) in [6.07, 6.45) is 2.22. The molecule has 2 N–H and O–H groups in total. The van der Waals surface area contributed by atoms with Gasteiger partial charge in [0.25, 0.3) is 0 Å². The van der Waals surface area contributed by atoms with Gasteiger partial charge in [-0.1, -0.05) is 13.8 Å². The van der Waals surface area contributed by atoms with Gasteiger partial charge in [-0.3, -0.25) is 0 Å². The van der Waals surface area contributed by atoms with E-state index in [-0.39, 0.29) is 5.88 Å². The molecule has 82 valence electrons. The highest BCUT2D eigenvalue weighted by molar-refractivity contribution is 5.39. The average Bonchev–Trinajstić information content (AvgIpc) is 2.18. The maximum absolute atomic E-state index is 9.82. The summed E-state index contributed by atoms with van der Waals surface area (Å²) in [6.45, 7) is 4.19. The topological polar surface area (TPSA) is 53.4 Å². The fourth-order valence-electron chi connectivity index (χ4n) is 2.27. The molecule has 3 nitrogen and oxygen atoms in total. The van der Waals surface area contributed by atoms with E-state index in [0.717, 1.165) is 30.4 Å². The van der Waals surface area contributed by atoms with Gasteiger partial charge in [-0.2, -0.15) is 0 Å². The van der Waals surface area contributed by atoms with Crippen LogP contribution in [-0.4, -0.2) is 15.2 Å².